The second-order valence-electron chi connectivity index (χ2n) is 2.81. The first-order valence-electron chi connectivity index (χ1n) is 3.82. The third kappa shape index (κ3) is 6.24. The van der Waals surface area contributed by atoms with E-state index in [-0.39, 0.29) is 19.7 Å². The van der Waals surface area contributed by atoms with E-state index in [0.29, 0.717) is 6.54 Å². The highest BCUT2D eigenvalue weighted by molar-refractivity contribution is 4.91. The Hall–Kier alpha value is -0.480. The minimum atomic E-state index is -2.35. The summed E-state index contributed by atoms with van der Waals surface area (Å²) in [5, 5.41) is 8.55. The van der Waals surface area contributed by atoms with Crippen molar-refractivity contribution in [2.75, 3.05) is 26.2 Å². The molecule has 0 fully saturated rings. The van der Waals surface area contributed by atoms with Crippen LogP contribution in [0.5, 0.6) is 0 Å². The summed E-state index contributed by atoms with van der Waals surface area (Å²) in [6.07, 6.45) is -2.35. The Kier molecular flexibility index (Phi) is 5.84. The molecule has 0 radical (unpaired) electrons. The smallest absolute Gasteiger partial charge is 0.251 e. The zero-order valence-corrected chi connectivity index (χ0v) is 7.26. The normalized spacial score (nSPS) is 11.2. The number of halogens is 2. The van der Waals surface area contributed by atoms with Crippen molar-refractivity contribution in [3.63, 3.8) is 0 Å². The number of hydrogen-bond donors (Lipinski definition) is 1. The monoisotopic (exact) mass is 179 g/mol. The molecule has 0 aliphatic carbocycles. The molecule has 0 saturated carbocycles. The molecule has 0 aliphatic rings. The van der Waals surface area contributed by atoms with Gasteiger partial charge in [0, 0.05) is 13.1 Å². The maximum atomic E-state index is 11.9. The summed E-state index contributed by atoms with van der Waals surface area (Å²) in [4.78, 5) is 1.48. The van der Waals surface area contributed by atoms with Crippen molar-refractivity contribution >= 4 is 0 Å². The Bertz CT molecular complexity index is 139. The van der Waals surface area contributed by atoms with E-state index in [2.05, 4.69) is 6.58 Å². The SMILES string of the molecule is C=C(C)CN(CCO)CC(F)F. The van der Waals surface area contributed by atoms with E-state index < -0.39 is 6.43 Å². The van der Waals surface area contributed by atoms with Crippen LogP contribution in [0.15, 0.2) is 12.2 Å². The van der Waals surface area contributed by atoms with E-state index in [1.807, 2.05) is 0 Å². The second-order valence-corrected chi connectivity index (χ2v) is 2.81. The van der Waals surface area contributed by atoms with Crippen molar-refractivity contribution in [2.24, 2.45) is 0 Å². The van der Waals surface area contributed by atoms with Gasteiger partial charge in [0.25, 0.3) is 6.43 Å². The fraction of sp³-hybridized carbons (Fsp3) is 0.750. The standard InChI is InChI=1S/C8H15F2NO/c1-7(2)5-11(3-4-12)6-8(9)10/h8,12H,1,3-6H2,2H3. The molecule has 0 aromatic carbocycles. The summed E-state index contributed by atoms with van der Waals surface area (Å²) in [5.74, 6) is 0. The molecule has 0 aromatic heterocycles. The number of hydrogen-bond acceptors (Lipinski definition) is 2. The van der Waals surface area contributed by atoms with Gasteiger partial charge in [-0.15, -0.1) is 0 Å². The first kappa shape index (κ1) is 11.5. The van der Waals surface area contributed by atoms with Gasteiger partial charge in [0.2, 0.25) is 0 Å². The van der Waals surface area contributed by atoms with Crippen LogP contribution < -0.4 is 0 Å². The van der Waals surface area contributed by atoms with Gasteiger partial charge in [-0.3, -0.25) is 4.90 Å². The lowest BCUT2D eigenvalue weighted by atomic mass is 10.3. The van der Waals surface area contributed by atoms with E-state index in [0.717, 1.165) is 5.57 Å². The molecule has 1 N–H and O–H groups in total. The highest BCUT2D eigenvalue weighted by Gasteiger charge is 2.10. The van der Waals surface area contributed by atoms with Crippen molar-refractivity contribution in [2.45, 2.75) is 13.3 Å². The summed E-state index contributed by atoms with van der Waals surface area (Å²) < 4.78 is 23.8. The lowest BCUT2D eigenvalue weighted by molar-refractivity contribution is 0.0832. The van der Waals surface area contributed by atoms with E-state index in [9.17, 15) is 8.78 Å². The Morgan fingerprint density at radius 2 is 2.17 bits per heavy atom. The van der Waals surface area contributed by atoms with Gasteiger partial charge in [0.05, 0.1) is 13.2 Å². The highest BCUT2D eigenvalue weighted by atomic mass is 19.3. The number of rotatable bonds is 6. The molecule has 0 rings (SSSR count). The van der Waals surface area contributed by atoms with Crippen molar-refractivity contribution in [1.82, 2.24) is 4.90 Å². The quantitative estimate of drug-likeness (QED) is 0.618. The minimum absolute atomic E-state index is 0.0972. The molecule has 12 heavy (non-hydrogen) atoms. The van der Waals surface area contributed by atoms with Crippen LogP contribution in [0.3, 0.4) is 0 Å². The van der Waals surface area contributed by atoms with E-state index in [1.54, 1.807) is 6.92 Å². The van der Waals surface area contributed by atoms with Crippen LogP contribution in [0, 0.1) is 0 Å². The first-order valence-corrected chi connectivity index (χ1v) is 3.82. The van der Waals surface area contributed by atoms with Crippen LogP contribution in [0.25, 0.3) is 0 Å². The van der Waals surface area contributed by atoms with Gasteiger partial charge < -0.3 is 5.11 Å². The first-order chi connectivity index (χ1) is 5.56. The second kappa shape index (κ2) is 6.08. The zero-order chi connectivity index (χ0) is 9.56. The maximum absolute atomic E-state index is 11.9. The molecule has 72 valence electrons. The number of aliphatic hydroxyl groups is 1. The van der Waals surface area contributed by atoms with Gasteiger partial charge in [0.15, 0.2) is 0 Å². The number of aliphatic hydroxyl groups excluding tert-OH is 1. The molecule has 0 unspecified atom stereocenters. The predicted molar refractivity (Wildman–Crippen MR) is 44.3 cm³/mol. The lowest BCUT2D eigenvalue weighted by Crippen LogP contribution is -2.32. The van der Waals surface area contributed by atoms with Crippen LogP contribution in [0.2, 0.25) is 0 Å². The zero-order valence-electron chi connectivity index (χ0n) is 7.26. The van der Waals surface area contributed by atoms with Crippen molar-refractivity contribution < 1.29 is 13.9 Å². The Labute approximate surface area is 71.5 Å². The predicted octanol–water partition coefficient (Wildman–Crippen LogP) is 1.12. The van der Waals surface area contributed by atoms with Crippen molar-refractivity contribution in [1.29, 1.82) is 0 Å². The Morgan fingerprint density at radius 1 is 1.58 bits per heavy atom. The van der Waals surface area contributed by atoms with Crippen molar-refractivity contribution in [3.05, 3.63) is 12.2 Å². The summed E-state index contributed by atoms with van der Waals surface area (Å²) in [6, 6.07) is 0. The minimum Gasteiger partial charge on any atom is -0.395 e. The Morgan fingerprint density at radius 3 is 2.50 bits per heavy atom. The van der Waals surface area contributed by atoms with E-state index in [1.165, 1.54) is 4.90 Å². The van der Waals surface area contributed by atoms with Crippen LogP contribution in [0.1, 0.15) is 6.92 Å². The van der Waals surface area contributed by atoms with Gasteiger partial charge >= 0.3 is 0 Å². The molecule has 2 nitrogen and oxygen atoms in total. The Balaban J connectivity index is 3.77. The average molecular weight is 179 g/mol. The number of nitrogens with zero attached hydrogens (tertiary/aromatic N) is 1. The maximum Gasteiger partial charge on any atom is 0.251 e. The van der Waals surface area contributed by atoms with E-state index in [4.69, 9.17) is 5.11 Å². The molecular formula is C8H15F2NO. The van der Waals surface area contributed by atoms with Gasteiger partial charge in [0.1, 0.15) is 0 Å². The number of alkyl halides is 2. The summed E-state index contributed by atoms with van der Waals surface area (Å²) in [7, 11) is 0. The lowest BCUT2D eigenvalue weighted by Gasteiger charge is -2.20. The van der Waals surface area contributed by atoms with Crippen molar-refractivity contribution in [3.8, 4) is 0 Å². The van der Waals surface area contributed by atoms with Crippen LogP contribution in [-0.2, 0) is 0 Å². The summed E-state index contributed by atoms with van der Waals surface area (Å²) in [6.45, 7) is 5.69. The topological polar surface area (TPSA) is 23.5 Å². The van der Waals surface area contributed by atoms with Gasteiger partial charge in [-0.1, -0.05) is 12.2 Å². The molecule has 0 heterocycles. The van der Waals surface area contributed by atoms with E-state index >= 15 is 0 Å². The average Bonchev–Trinajstić information content (AvgIpc) is 1.84. The fourth-order valence-electron chi connectivity index (χ4n) is 0.953. The largest absolute Gasteiger partial charge is 0.395 e. The molecule has 4 heteroatoms. The molecule has 0 spiro atoms. The summed E-state index contributed by atoms with van der Waals surface area (Å²) in [5.41, 5.74) is 0.823. The van der Waals surface area contributed by atoms with Gasteiger partial charge in [-0.05, 0) is 6.92 Å². The molecule has 0 aromatic rings. The fourth-order valence-corrected chi connectivity index (χ4v) is 0.953. The molecule has 0 amide bonds. The van der Waals surface area contributed by atoms with Gasteiger partial charge in [-0.2, -0.15) is 0 Å². The summed E-state index contributed by atoms with van der Waals surface area (Å²) >= 11 is 0. The van der Waals surface area contributed by atoms with Crippen LogP contribution in [-0.4, -0.2) is 42.7 Å². The third-order valence-electron chi connectivity index (χ3n) is 1.31. The molecular weight excluding hydrogens is 164 g/mol. The molecule has 0 bridgehead atoms. The highest BCUT2D eigenvalue weighted by Crippen LogP contribution is 2.00. The van der Waals surface area contributed by atoms with Crippen LogP contribution in [0.4, 0.5) is 8.78 Å². The third-order valence-corrected chi connectivity index (χ3v) is 1.31. The van der Waals surface area contributed by atoms with Crippen LogP contribution >= 0.6 is 0 Å². The van der Waals surface area contributed by atoms with Gasteiger partial charge in [-0.25, -0.2) is 8.78 Å². The molecule has 0 atom stereocenters. The molecule has 0 aliphatic heterocycles. The molecule has 0 saturated heterocycles.